The quantitative estimate of drug-likeness (QED) is 0.272. The molecule has 0 aliphatic heterocycles. The van der Waals surface area contributed by atoms with Crippen molar-refractivity contribution in [3.05, 3.63) is 61.5 Å². The van der Waals surface area contributed by atoms with Gasteiger partial charge in [0.1, 0.15) is 10.2 Å². The number of aryl methyl sites for hydroxylation is 1. The molecule has 0 saturated carbocycles. The lowest BCUT2D eigenvalue weighted by Gasteiger charge is -2.19. The third-order valence-corrected chi connectivity index (χ3v) is 6.08. The maximum Gasteiger partial charge on any atom is 0.358 e. The summed E-state index contributed by atoms with van der Waals surface area (Å²) in [6, 6.07) is 7.09. The first-order valence-electron chi connectivity index (χ1n) is 9.49. The number of esters is 1. The van der Waals surface area contributed by atoms with Crippen LogP contribution in [-0.2, 0) is 4.74 Å². The number of ether oxygens (including phenoxy) is 1. The van der Waals surface area contributed by atoms with Crippen LogP contribution in [0.25, 0.3) is 11.0 Å². The Labute approximate surface area is 187 Å². The van der Waals surface area contributed by atoms with Crippen molar-refractivity contribution in [2.45, 2.75) is 38.8 Å². The second-order valence-electron chi connectivity index (χ2n) is 6.90. The van der Waals surface area contributed by atoms with Crippen molar-refractivity contribution >= 4 is 50.3 Å². The molecule has 30 heavy (non-hydrogen) atoms. The monoisotopic (exact) mass is 490 g/mol. The number of nitrogens with zero attached hydrogens (tertiary/aromatic N) is 1. The number of nitrogens with one attached hydrogen (secondary N) is 1. The van der Waals surface area contributed by atoms with E-state index in [-0.39, 0.29) is 17.2 Å². The van der Waals surface area contributed by atoms with E-state index in [9.17, 15) is 9.59 Å². The minimum atomic E-state index is -0.538. The Kier molecular flexibility index (Phi) is 6.88. The standard InChI is InChI=1S/C22H23BrN2O4S/c1-6-30-22-12(3)19(26)15-10-11(2)9-14(20(15)29-22)13(4)24-16-7-8-17(23)25-18(16)21(27)28-5/h7-10,13,24H,6H2,1-5H3. The minimum Gasteiger partial charge on any atom is -0.464 e. The number of halogens is 1. The average molecular weight is 491 g/mol. The van der Waals surface area contributed by atoms with Crippen LogP contribution in [0.1, 0.15) is 47.1 Å². The Morgan fingerprint density at radius 2 is 2.07 bits per heavy atom. The van der Waals surface area contributed by atoms with Gasteiger partial charge in [-0.1, -0.05) is 24.8 Å². The fourth-order valence-corrected chi connectivity index (χ4v) is 4.28. The number of carbonyl (C=O) groups excluding carboxylic acids is 1. The number of anilines is 1. The molecule has 1 N–H and O–H groups in total. The SMILES string of the molecule is CCSc1oc2c(C(C)Nc3ccc(Br)nc3C(=O)OC)cc(C)cc2c(=O)c1C. The maximum atomic E-state index is 13.0. The smallest absolute Gasteiger partial charge is 0.358 e. The molecule has 8 heteroatoms. The van der Waals surface area contributed by atoms with Crippen molar-refractivity contribution in [1.29, 1.82) is 0 Å². The molecule has 0 radical (unpaired) electrons. The molecule has 0 aliphatic rings. The molecule has 3 rings (SSSR count). The molecule has 0 saturated heterocycles. The second-order valence-corrected chi connectivity index (χ2v) is 8.94. The molecule has 0 bridgehead atoms. The second kappa shape index (κ2) is 9.22. The van der Waals surface area contributed by atoms with E-state index in [1.807, 2.05) is 32.9 Å². The number of thioether (sulfide) groups is 1. The van der Waals surface area contributed by atoms with E-state index in [0.717, 1.165) is 16.9 Å². The third-order valence-electron chi connectivity index (χ3n) is 4.70. The summed E-state index contributed by atoms with van der Waals surface area (Å²) in [4.78, 5) is 29.4. The molecule has 0 fully saturated rings. The highest BCUT2D eigenvalue weighted by Gasteiger charge is 2.21. The molecular formula is C22H23BrN2O4S. The summed E-state index contributed by atoms with van der Waals surface area (Å²) in [6.45, 7) is 7.70. The van der Waals surface area contributed by atoms with Gasteiger partial charge in [-0.25, -0.2) is 9.78 Å². The van der Waals surface area contributed by atoms with E-state index in [2.05, 4.69) is 26.2 Å². The lowest BCUT2D eigenvalue weighted by Crippen LogP contribution is -2.15. The van der Waals surface area contributed by atoms with Gasteiger partial charge in [0.2, 0.25) is 0 Å². The van der Waals surface area contributed by atoms with E-state index in [0.29, 0.717) is 31.9 Å². The van der Waals surface area contributed by atoms with Crippen molar-refractivity contribution in [3.8, 4) is 0 Å². The molecule has 0 aliphatic carbocycles. The molecule has 3 aromatic rings. The molecule has 6 nitrogen and oxygen atoms in total. The van der Waals surface area contributed by atoms with Crippen LogP contribution in [0.15, 0.2) is 43.2 Å². The van der Waals surface area contributed by atoms with Crippen molar-refractivity contribution < 1.29 is 13.9 Å². The Hall–Kier alpha value is -2.32. The number of methoxy groups -OCH3 is 1. The number of hydrogen-bond acceptors (Lipinski definition) is 7. The molecule has 1 aromatic carbocycles. The van der Waals surface area contributed by atoms with Gasteiger partial charge >= 0.3 is 5.97 Å². The zero-order valence-corrected chi connectivity index (χ0v) is 19.9. The van der Waals surface area contributed by atoms with Crippen LogP contribution in [0.5, 0.6) is 0 Å². The van der Waals surface area contributed by atoms with E-state index in [1.165, 1.54) is 18.9 Å². The van der Waals surface area contributed by atoms with Gasteiger partial charge in [-0.3, -0.25) is 4.79 Å². The normalized spacial score (nSPS) is 12.1. The summed E-state index contributed by atoms with van der Waals surface area (Å²) < 4.78 is 11.6. The van der Waals surface area contributed by atoms with Gasteiger partial charge in [0.25, 0.3) is 0 Å². The highest BCUT2D eigenvalue weighted by atomic mass is 79.9. The first kappa shape index (κ1) is 22.4. The van der Waals surface area contributed by atoms with Crippen LogP contribution in [-0.4, -0.2) is 23.8 Å². The number of hydrogen-bond donors (Lipinski definition) is 1. The molecule has 2 aromatic heterocycles. The van der Waals surface area contributed by atoms with Gasteiger partial charge < -0.3 is 14.5 Å². The fraction of sp³-hybridized carbons (Fsp3) is 0.318. The van der Waals surface area contributed by atoms with Gasteiger partial charge in [-0.2, -0.15) is 0 Å². The van der Waals surface area contributed by atoms with E-state index < -0.39 is 5.97 Å². The molecular weight excluding hydrogens is 468 g/mol. The van der Waals surface area contributed by atoms with Crippen molar-refractivity contribution in [3.63, 3.8) is 0 Å². The largest absolute Gasteiger partial charge is 0.464 e. The molecule has 158 valence electrons. The highest BCUT2D eigenvalue weighted by Crippen LogP contribution is 2.32. The Morgan fingerprint density at radius 1 is 1.33 bits per heavy atom. The zero-order valence-electron chi connectivity index (χ0n) is 17.5. The summed E-state index contributed by atoms with van der Waals surface area (Å²) in [5.74, 6) is 0.265. The lowest BCUT2D eigenvalue weighted by atomic mass is 10.0. The summed E-state index contributed by atoms with van der Waals surface area (Å²) in [5.41, 5.74) is 3.65. The van der Waals surface area contributed by atoms with Crippen molar-refractivity contribution in [2.75, 3.05) is 18.2 Å². The van der Waals surface area contributed by atoms with Gasteiger partial charge in [-0.05, 0) is 66.2 Å². The minimum absolute atomic E-state index is 0.0232. The summed E-state index contributed by atoms with van der Waals surface area (Å²) >= 11 is 4.79. The van der Waals surface area contributed by atoms with E-state index in [4.69, 9.17) is 9.15 Å². The molecule has 2 heterocycles. The number of rotatable bonds is 6. The van der Waals surface area contributed by atoms with Crippen LogP contribution >= 0.6 is 27.7 Å². The van der Waals surface area contributed by atoms with Gasteiger partial charge in [0.05, 0.1) is 24.2 Å². The first-order valence-corrected chi connectivity index (χ1v) is 11.3. The van der Waals surface area contributed by atoms with Gasteiger partial charge in [0.15, 0.2) is 16.2 Å². The molecule has 1 unspecified atom stereocenters. The molecule has 1 atom stereocenters. The highest BCUT2D eigenvalue weighted by molar-refractivity contribution is 9.10. The summed E-state index contributed by atoms with van der Waals surface area (Å²) in [6.07, 6.45) is 0. The Morgan fingerprint density at radius 3 is 2.73 bits per heavy atom. The topological polar surface area (TPSA) is 81.4 Å². The summed E-state index contributed by atoms with van der Waals surface area (Å²) in [5, 5.41) is 4.51. The van der Waals surface area contributed by atoms with Crippen molar-refractivity contribution in [1.82, 2.24) is 4.98 Å². The number of benzene rings is 1. The van der Waals surface area contributed by atoms with Crippen LogP contribution in [0.2, 0.25) is 0 Å². The average Bonchev–Trinajstić information content (AvgIpc) is 2.72. The van der Waals surface area contributed by atoms with Crippen molar-refractivity contribution in [2.24, 2.45) is 0 Å². The summed E-state index contributed by atoms with van der Waals surface area (Å²) in [7, 11) is 1.32. The Bertz CT molecular complexity index is 1180. The number of fused-ring (bicyclic) bond motifs is 1. The maximum absolute atomic E-state index is 13.0. The zero-order chi connectivity index (χ0) is 22.0. The molecule has 0 amide bonds. The number of aromatic nitrogens is 1. The van der Waals surface area contributed by atoms with Crippen LogP contribution in [0.3, 0.4) is 0 Å². The van der Waals surface area contributed by atoms with E-state index >= 15 is 0 Å². The first-order chi connectivity index (χ1) is 14.3. The number of pyridine rings is 1. The van der Waals surface area contributed by atoms with E-state index in [1.54, 1.807) is 19.1 Å². The molecule has 0 spiro atoms. The van der Waals surface area contributed by atoms with Crippen LogP contribution in [0.4, 0.5) is 5.69 Å². The van der Waals surface area contributed by atoms with Crippen LogP contribution in [0, 0.1) is 13.8 Å². The predicted octanol–water partition coefficient (Wildman–Crippen LogP) is 5.64. The lowest BCUT2D eigenvalue weighted by molar-refractivity contribution is 0.0595. The third kappa shape index (κ3) is 4.39. The van der Waals surface area contributed by atoms with Gasteiger partial charge in [0, 0.05) is 11.1 Å². The number of carbonyl (C=O) groups is 1. The predicted molar refractivity (Wildman–Crippen MR) is 124 cm³/mol. The van der Waals surface area contributed by atoms with Crippen LogP contribution < -0.4 is 10.7 Å². The van der Waals surface area contributed by atoms with Gasteiger partial charge in [-0.15, -0.1) is 0 Å². The fourth-order valence-electron chi connectivity index (χ4n) is 3.25. The Balaban J connectivity index is 2.13.